The third kappa shape index (κ3) is 4.52. The molecule has 180 valence electrons. The fraction of sp³-hybridized carbons (Fsp3) is 0.360. The first-order valence-electron chi connectivity index (χ1n) is 11.2. The van der Waals surface area contributed by atoms with Crippen LogP contribution in [-0.4, -0.2) is 53.3 Å². The fourth-order valence-electron chi connectivity index (χ4n) is 4.30. The molecule has 0 N–H and O–H groups in total. The minimum absolute atomic E-state index is 0.0860. The second-order valence-electron chi connectivity index (χ2n) is 8.07. The van der Waals surface area contributed by atoms with Crippen molar-refractivity contribution >= 4 is 32.4 Å². The van der Waals surface area contributed by atoms with Gasteiger partial charge in [0.15, 0.2) is 0 Å². The van der Waals surface area contributed by atoms with E-state index in [4.69, 9.17) is 14.2 Å². The van der Waals surface area contributed by atoms with Crippen LogP contribution in [0.1, 0.15) is 19.8 Å². The molecule has 1 fully saturated rings. The lowest BCUT2D eigenvalue weighted by Gasteiger charge is -2.35. The molecular formula is C25H28N2O6S. The minimum atomic E-state index is -3.92. The van der Waals surface area contributed by atoms with E-state index in [-0.39, 0.29) is 21.7 Å². The Morgan fingerprint density at radius 2 is 1.79 bits per heavy atom. The van der Waals surface area contributed by atoms with Crippen LogP contribution in [0.25, 0.3) is 10.9 Å². The lowest BCUT2D eigenvalue weighted by atomic mass is 9.97. The van der Waals surface area contributed by atoms with E-state index in [0.29, 0.717) is 54.2 Å². The Morgan fingerprint density at radius 3 is 2.47 bits per heavy atom. The summed E-state index contributed by atoms with van der Waals surface area (Å²) in [6, 6.07) is 11.6. The van der Waals surface area contributed by atoms with Crippen molar-refractivity contribution in [3.05, 3.63) is 48.7 Å². The number of esters is 1. The van der Waals surface area contributed by atoms with Crippen molar-refractivity contribution in [2.75, 3.05) is 38.8 Å². The summed E-state index contributed by atoms with van der Waals surface area (Å²) in [6.45, 7) is 3.06. The Labute approximate surface area is 199 Å². The monoisotopic (exact) mass is 484 g/mol. The Balaban J connectivity index is 1.88. The van der Waals surface area contributed by atoms with Gasteiger partial charge in [-0.1, -0.05) is 0 Å². The van der Waals surface area contributed by atoms with E-state index in [1.54, 1.807) is 44.4 Å². The highest BCUT2D eigenvalue weighted by atomic mass is 32.2. The number of benzene rings is 2. The van der Waals surface area contributed by atoms with Gasteiger partial charge in [-0.2, -0.15) is 0 Å². The van der Waals surface area contributed by atoms with Crippen LogP contribution in [0.5, 0.6) is 11.5 Å². The predicted octanol–water partition coefficient (Wildman–Crippen LogP) is 3.86. The zero-order valence-electron chi connectivity index (χ0n) is 19.5. The van der Waals surface area contributed by atoms with Gasteiger partial charge < -0.3 is 19.1 Å². The van der Waals surface area contributed by atoms with Crippen molar-refractivity contribution in [3.8, 4) is 11.5 Å². The van der Waals surface area contributed by atoms with Gasteiger partial charge in [0.2, 0.25) is 9.84 Å². The first kappa shape index (κ1) is 23.8. The van der Waals surface area contributed by atoms with Gasteiger partial charge >= 0.3 is 5.97 Å². The number of hydrogen-bond donors (Lipinski definition) is 0. The zero-order valence-corrected chi connectivity index (χ0v) is 20.3. The van der Waals surface area contributed by atoms with Gasteiger partial charge in [0.1, 0.15) is 16.4 Å². The number of anilines is 1. The van der Waals surface area contributed by atoms with Gasteiger partial charge in [-0.25, -0.2) is 8.42 Å². The Hall–Kier alpha value is -3.33. The predicted molar refractivity (Wildman–Crippen MR) is 128 cm³/mol. The van der Waals surface area contributed by atoms with Gasteiger partial charge in [-0.3, -0.25) is 9.78 Å². The molecule has 8 nitrogen and oxygen atoms in total. The van der Waals surface area contributed by atoms with Crippen LogP contribution < -0.4 is 14.4 Å². The number of carbonyl (C=O) groups excluding carboxylic acids is 1. The lowest BCUT2D eigenvalue weighted by molar-refractivity contribution is -0.148. The van der Waals surface area contributed by atoms with Crippen LogP contribution in [0, 0.1) is 5.92 Å². The summed E-state index contributed by atoms with van der Waals surface area (Å²) in [5, 5.41) is 0.651. The molecule has 1 atom stereocenters. The molecule has 9 heteroatoms. The molecule has 2 aromatic carbocycles. The molecule has 0 radical (unpaired) electrons. The number of aromatic nitrogens is 1. The second kappa shape index (κ2) is 9.89. The smallest absolute Gasteiger partial charge is 0.310 e. The molecule has 1 saturated heterocycles. The first-order chi connectivity index (χ1) is 16.4. The Kier molecular flexibility index (Phi) is 6.92. The molecule has 1 aliphatic rings. The zero-order chi connectivity index (χ0) is 24.3. The van der Waals surface area contributed by atoms with E-state index in [1.165, 1.54) is 25.4 Å². The molecule has 0 unspecified atom stereocenters. The highest BCUT2D eigenvalue weighted by Gasteiger charge is 2.32. The SMILES string of the molecule is CCOC(=O)[C@H]1CCCN(c2c(S(=O)(=O)c3ccc(OC)cc3)cnc3ccc(OC)cc23)C1. The number of hydrogen-bond acceptors (Lipinski definition) is 8. The van der Waals surface area contributed by atoms with E-state index < -0.39 is 9.84 Å². The summed E-state index contributed by atoms with van der Waals surface area (Å²) in [7, 11) is -0.834. The van der Waals surface area contributed by atoms with E-state index >= 15 is 0 Å². The number of rotatable bonds is 7. The molecule has 34 heavy (non-hydrogen) atoms. The van der Waals surface area contributed by atoms with Crippen LogP contribution in [-0.2, 0) is 19.4 Å². The summed E-state index contributed by atoms with van der Waals surface area (Å²) in [5.74, 6) is 0.559. The van der Waals surface area contributed by atoms with E-state index in [1.807, 2.05) is 4.90 Å². The normalized spacial score (nSPS) is 16.3. The van der Waals surface area contributed by atoms with Crippen molar-refractivity contribution in [1.82, 2.24) is 4.98 Å². The average Bonchev–Trinajstić information content (AvgIpc) is 2.87. The third-order valence-corrected chi connectivity index (χ3v) is 7.80. The minimum Gasteiger partial charge on any atom is -0.497 e. The van der Waals surface area contributed by atoms with Gasteiger partial charge in [0, 0.05) is 24.7 Å². The molecular weight excluding hydrogens is 456 g/mol. The third-order valence-electron chi connectivity index (χ3n) is 6.03. The van der Waals surface area contributed by atoms with Crippen LogP contribution >= 0.6 is 0 Å². The number of carbonyl (C=O) groups is 1. The number of sulfone groups is 1. The molecule has 0 amide bonds. The maximum absolute atomic E-state index is 13.8. The maximum atomic E-state index is 13.8. The summed E-state index contributed by atoms with van der Waals surface area (Å²) >= 11 is 0. The second-order valence-corrected chi connectivity index (χ2v) is 9.99. The summed E-state index contributed by atoms with van der Waals surface area (Å²) in [4.78, 5) is 19.1. The van der Waals surface area contributed by atoms with Crippen molar-refractivity contribution < 1.29 is 27.4 Å². The van der Waals surface area contributed by atoms with Crippen molar-refractivity contribution in [2.45, 2.75) is 29.6 Å². The van der Waals surface area contributed by atoms with Crippen molar-refractivity contribution in [2.24, 2.45) is 5.92 Å². The molecule has 0 saturated carbocycles. The van der Waals surface area contributed by atoms with Crippen LogP contribution in [0.3, 0.4) is 0 Å². The van der Waals surface area contributed by atoms with Gasteiger partial charge in [-0.05, 0) is 62.2 Å². The molecule has 1 aromatic heterocycles. The van der Waals surface area contributed by atoms with Gasteiger partial charge in [-0.15, -0.1) is 0 Å². The fourth-order valence-corrected chi connectivity index (χ4v) is 5.74. The Bertz CT molecular complexity index is 1290. The number of piperidine rings is 1. The number of ether oxygens (including phenoxy) is 3. The quantitative estimate of drug-likeness (QED) is 0.467. The molecule has 3 aromatic rings. The van der Waals surface area contributed by atoms with Crippen molar-refractivity contribution in [1.29, 1.82) is 0 Å². The van der Waals surface area contributed by atoms with Crippen molar-refractivity contribution in [3.63, 3.8) is 0 Å². The summed E-state index contributed by atoms with van der Waals surface area (Å²) in [6.07, 6.45) is 2.83. The molecule has 1 aliphatic heterocycles. The highest BCUT2D eigenvalue weighted by Crippen LogP contribution is 2.39. The first-order valence-corrected chi connectivity index (χ1v) is 12.6. The molecule has 2 heterocycles. The maximum Gasteiger partial charge on any atom is 0.310 e. The number of fused-ring (bicyclic) bond motifs is 1. The van der Waals surface area contributed by atoms with Gasteiger partial charge in [0.05, 0.1) is 42.8 Å². The van der Waals surface area contributed by atoms with Crippen LogP contribution in [0.15, 0.2) is 58.5 Å². The van der Waals surface area contributed by atoms with E-state index in [0.717, 1.165) is 6.42 Å². The number of nitrogens with zero attached hydrogens (tertiary/aromatic N) is 2. The lowest BCUT2D eigenvalue weighted by Crippen LogP contribution is -2.40. The summed E-state index contributed by atoms with van der Waals surface area (Å²) < 4.78 is 43.4. The molecule has 0 aliphatic carbocycles. The Morgan fingerprint density at radius 1 is 1.09 bits per heavy atom. The average molecular weight is 485 g/mol. The highest BCUT2D eigenvalue weighted by molar-refractivity contribution is 7.91. The van der Waals surface area contributed by atoms with E-state index in [2.05, 4.69) is 4.98 Å². The number of methoxy groups -OCH3 is 2. The van der Waals surface area contributed by atoms with Crippen LogP contribution in [0.4, 0.5) is 5.69 Å². The van der Waals surface area contributed by atoms with E-state index in [9.17, 15) is 13.2 Å². The standard InChI is InChI=1S/C25H28N2O6S/c1-4-33-25(28)17-6-5-13-27(16-17)24-21-14-19(32-3)9-12-22(21)26-15-23(24)34(29,30)20-10-7-18(31-2)8-11-20/h7-12,14-15,17H,4-6,13,16H2,1-3H3/t17-/m0/s1. The molecule has 0 bridgehead atoms. The molecule has 4 rings (SSSR count). The summed E-state index contributed by atoms with van der Waals surface area (Å²) in [5.41, 5.74) is 1.16. The van der Waals surface area contributed by atoms with Gasteiger partial charge in [0.25, 0.3) is 0 Å². The topological polar surface area (TPSA) is 95.0 Å². The molecule has 0 spiro atoms. The largest absolute Gasteiger partial charge is 0.497 e. The number of pyridine rings is 1. The van der Waals surface area contributed by atoms with Crippen LogP contribution in [0.2, 0.25) is 0 Å².